The number of rotatable bonds is 7. The van der Waals surface area contributed by atoms with Gasteiger partial charge in [-0.1, -0.05) is 51.5 Å². The summed E-state index contributed by atoms with van der Waals surface area (Å²) >= 11 is 0. The molecular formula is C21H24O4. The number of ether oxygens (including phenoxy) is 2. The van der Waals surface area contributed by atoms with E-state index in [0.717, 1.165) is 12.8 Å². The second-order valence-electron chi connectivity index (χ2n) is 6.15. The predicted octanol–water partition coefficient (Wildman–Crippen LogP) is 4.99. The second kappa shape index (κ2) is 9.02. The van der Waals surface area contributed by atoms with Crippen molar-refractivity contribution in [3.8, 4) is 5.75 Å². The summed E-state index contributed by atoms with van der Waals surface area (Å²) in [5, 5.41) is 0. The van der Waals surface area contributed by atoms with E-state index in [2.05, 4.69) is 13.8 Å². The Balaban J connectivity index is 2.12. The van der Waals surface area contributed by atoms with Crippen LogP contribution in [0.5, 0.6) is 5.75 Å². The molecule has 132 valence electrons. The maximum absolute atomic E-state index is 12.5. The van der Waals surface area contributed by atoms with Crippen molar-refractivity contribution in [2.45, 2.75) is 39.5 Å². The fourth-order valence-electron chi connectivity index (χ4n) is 2.31. The zero-order valence-corrected chi connectivity index (χ0v) is 15.0. The largest absolute Gasteiger partial charge is 0.462 e. The minimum atomic E-state index is -0.569. The van der Waals surface area contributed by atoms with Crippen LogP contribution in [0.25, 0.3) is 0 Å². The van der Waals surface area contributed by atoms with Crippen molar-refractivity contribution in [1.82, 2.24) is 0 Å². The summed E-state index contributed by atoms with van der Waals surface area (Å²) < 4.78 is 10.6. The predicted molar refractivity (Wildman–Crippen MR) is 97.1 cm³/mol. The highest BCUT2D eigenvalue weighted by Crippen LogP contribution is 2.20. The number of carbonyl (C=O) groups excluding carboxylic acids is 2. The molecule has 0 spiro atoms. The molecule has 0 N–H and O–H groups in total. The van der Waals surface area contributed by atoms with Crippen LogP contribution in [0.3, 0.4) is 0 Å². The van der Waals surface area contributed by atoms with Crippen LogP contribution in [-0.4, -0.2) is 18.5 Å². The molecular weight excluding hydrogens is 316 g/mol. The van der Waals surface area contributed by atoms with Gasteiger partial charge in [-0.15, -0.1) is 0 Å². The molecule has 0 aromatic heterocycles. The van der Waals surface area contributed by atoms with E-state index in [4.69, 9.17) is 9.47 Å². The van der Waals surface area contributed by atoms with E-state index in [1.807, 2.05) is 19.1 Å². The topological polar surface area (TPSA) is 52.6 Å². The Morgan fingerprint density at radius 3 is 2.08 bits per heavy atom. The van der Waals surface area contributed by atoms with E-state index in [0.29, 0.717) is 18.3 Å². The smallest absolute Gasteiger partial charge is 0.344 e. The molecule has 4 nitrogen and oxygen atoms in total. The van der Waals surface area contributed by atoms with Gasteiger partial charge < -0.3 is 9.47 Å². The maximum atomic E-state index is 12.5. The van der Waals surface area contributed by atoms with Crippen molar-refractivity contribution in [1.29, 1.82) is 0 Å². The standard InChI is InChI=1S/C21H24O4/c1-4-5-14-24-20(22)18-8-6-7-9-19(18)21(23)25-17-12-10-16(11-13-17)15(2)3/h6-13,15H,4-5,14H2,1-3H3. The first-order valence-electron chi connectivity index (χ1n) is 8.61. The Labute approximate surface area is 148 Å². The van der Waals surface area contributed by atoms with Crippen LogP contribution < -0.4 is 4.74 Å². The number of unbranched alkanes of at least 4 members (excludes halogenated alkanes) is 1. The minimum absolute atomic E-state index is 0.205. The molecule has 0 aliphatic rings. The Morgan fingerprint density at radius 2 is 1.52 bits per heavy atom. The summed E-state index contributed by atoms with van der Waals surface area (Å²) in [5.74, 6) is -0.219. The first kappa shape index (κ1) is 18.7. The number of carbonyl (C=O) groups is 2. The molecule has 0 unspecified atom stereocenters. The molecule has 0 aliphatic carbocycles. The van der Waals surface area contributed by atoms with Crippen molar-refractivity contribution >= 4 is 11.9 Å². The lowest BCUT2D eigenvalue weighted by atomic mass is 10.0. The molecule has 0 saturated carbocycles. The number of esters is 2. The minimum Gasteiger partial charge on any atom is -0.462 e. The third-order valence-corrected chi connectivity index (χ3v) is 3.86. The molecule has 2 aromatic carbocycles. The van der Waals surface area contributed by atoms with Gasteiger partial charge in [-0.2, -0.15) is 0 Å². The average molecular weight is 340 g/mol. The molecule has 0 radical (unpaired) electrons. The maximum Gasteiger partial charge on any atom is 0.344 e. The zero-order valence-electron chi connectivity index (χ0n) is 15.0. The van der Waals surface area contributed by atoms with Crippen LogP contribution in [0, 0.1) is 0 Å². The molecule has 0 fully saturated rings. The summed E-state index contributed by atoms with van der Waals surface area (Å²) in [4.78, 5) is 24.6. The summed E-state index contributed by atoms with van der Waals surface area (Å²) in [5.41, 5.74) is 1.60. The van der Waals surface area contributed by atoms with Crippen molar-refractivity contribution in [2.24, 2.45) is 0 Å². The lowest BCUT2D eigenvalue weighted by Crippen LogP contribution is -2.16. The zero-order chi connectivity index (χ0) is 18.2. The molecule has 0 heterocycles. The summed E-state index contributed by atoms with van der Waals surface area (Å²) in [6, 6.07) is 13.9. The van der Waals surface area contributed by atoms with E-state index in [1.165, 1.54) is 5.56 Å². The first-order chi connectivity index (χ1) is 12.0. The summed E-state index contributed by atoms with van der Waals surface area (Å²) in [6.45, 7) is 6.56. The quantitative estimate of drug-likeness (QED) is 0.405. The molecule has 2 rings (SSSR count). The lowest BCUT2D eigenvalue weighted by Gasteiger charge is -2.10. The summed E-state index contributed by atoms with van der Waals surface area (Å²) in [6.07, 6.45) is 1.73. The van der Waals surface area contributed by atoms with Gasteiger partial charge in [-0.25, -0.2) is 9.59 Å². The van der Waals surface area contributed by atoms with Crippen LogP contribution >= 0.6 is 0 Å². The van der Waals surface area contributed by atoms with Gasteiger partial charge in [-0.05, 0) is 42.2 Å². The third kappa shape index (κ3) is 5.18. The number of benzene rings is 2. The van der Waals surface area contributed by atoms with Crippen LogP contribution in [0.15, 0.2) is 48.5 Å². The SMILES string of the molecule is CCCCOC(=O)c1ccccc1C(=O)Oc1ccc(C(C)C)cc1. The molecule has 0 amide bonds. The highest BCUT2D eigenvalue weighted by Gasteiger charge is 2.19. The molecule has 2 aromatic rings. The lowest BCUT2D eigenvalue weighted by molar-refractivity contribution is 0.0491. The van der Waals surface area contributed by atoms with Crippen LogP contribution in [0.4, 0.5) is 0 Å². The Hall–Kier alpha value is -2.62. The third-order valence-electron chi connectivity index (χ3n) is 3.86. The Bertz CT molecular complexity index is 717. The van der Waals surface area contributed by atoms with Crippen molar-refractivity contribution < 1.29 is 19.1 Å². The van der Waals surface area contributed by atoms with E-state index in [9.17, 15) is 9.59 Å². The fourth-order valence-corrected chi connectivity index (χ4v) is 2.31. The van der Waals surface area contributed by atoms with Crippen molar-refractivity contribution in [3.63, 3.8) is 0 Å². The van der Waals surface area contributed by atoms with E-state index in [1.54, 1.807) is 36.4 Å². The van der Waals surface area contributed by atoms with Crippen LogP contribution in [0.2, 0.25) is 0 Å². The first-order valence-corrected chi connectivity index (χ1v) is 8.61. The molecule has 0 bridgehead atoms. The van der Waals surface area contributed by atoms with Gasteiger partial charge in [0, 0.05) is 0 Å². The van der Waals surface area contributed by atoms with Crippen molar-refractivity contribution in [3.05, 3.63) is 65.2 Å². The Kier molecular flexibility index (Phi) is 6.75. The van der Waals surface area contributed by atoms with Gasteiger partial charge >= 0.3 is 11.9 Å². The monoisotopic (exact) mass is 340 g/mol. The highest BCUT2D eigenvalue weighted by atomic mass is 16.5. The van der Waals surface area contributed by atoms with Crippen LogP contribution in [-0.2, 0) is 4.74 Å². The van der Waals surface area contributed by atoms with E-state index >= 15 is 0 Å². The van der Waals surface area contributed by atoms with Gasteiger partial charge in [0.25, 0.3) is 0 Å². The fraction of sp³-hybridized carbons (Fsp3) is 0.333. The molecule has 0 aliphatic heterocycles. The molecule has 4 heteroatoms. The molecule has 0 saturated heterocycles. The van der Waals surface area contributed by atoms with Gasteiger partial charge in [0.15, 0.2) is 0 Å². The Morgan fingerprint density at radius 1 is 0.920 bits per heavy atom. The van der Waals surface area contributed by atoms with E-state index < -0.39 is 11.9 Å². The molecule has 25 heavy (non-hydrogen) atoms. The van der Waals surface area contributed by atoms with Crippen LogP contribution in [0.1, 0.15) is 65.8 Å². The van der Waals surface area contributed by atoms with Crippen molar-refractivity contribution in [2.75, 3.05) is 6.61 Å². The molecule has 0 atom stereocenters. The number of hydrogen-bond acceptors (Lipinski definition) is 4. The second-order valence-corrected chi connectivity index (χ2v) is 6.15. The number of hydrogen-bond donors (Lipinski definition) is 0. The van der Waals surface area contributed by atoms with Gasteiger partial charge in [-0.3, -0.25) is 0 Å². The normalized spacial score (nSPS) is 10.6. The highest BCUT2D eigenvalue weighted by molar-refractivity contribution is 6.03. The van der Waals surface area contributed by atoms with E-state index in [-0.39, 0.29) is 11.1 Å². The summed E-state index contributed by atoms with van der Waals surface area (Å²) in [7, 11) is 0. The van der Waals surface area contributed by atoms with Gasteiger partial charge in [0.2, 0.25) is 0 Å². The average Bonchev–Trinajstić information content (AvgIpc) is 2.62. The van der Waals surface area contributed by atoms with Gasteiger partial charge in [0.1, 0.15) is 5.75 Å². The van der Waals surface area contributed by atoms with Gasteiger partial charge in [0.05, 0.1) is 17.7 Å².